The van der Waals surface area contributed by atoms with Crippen molar-refractivity contribution in [3.8, 4) is 11.5 Å². The Balaban J connectivity index is 1.61. The molecule has 0 bridgehead atoms. The summed E-state index contributed by atoms with van der Waals surface area (Å²) >= 11 is 0. The molecule has 1 heterocycles. The van der Waals surface area contributed by atoms with E-state index in [9.17, 15) is 4.79 Å². The first-order valence-corrected chi connectivity index (χ1v) is 8.62. The van der Waals surface area contributed by atoms with Crippen LogP contribution in [0.2, 0.25) is 0 Å². The molecular formula is C19H26N2O3. The molecule has 1 N–H and O–H groups in total. The Morgan fingerprint density at radius 2 is 1.96 bits per heavy atom. The van der Waals surface area contributed by atoms with E-state index in [4.69, 9.17) is 9.47 Å². The molecule has 2 aliphatic rings. The van der Waals surface area contributed by atoms with Crippen LogP contribution in [0.15, 0.2) is 24.3 Å². The van der Waals surface area contributed by atoms with Crippen molar-refractivity contribution in [2.45, 2.75) is 32.2 Å². The molecule has 1 aliphatic carbocycles. The molecule has 1 aliphatic heterocycles. The molecule has 0 radical (unpaired) electrons. The number of carbonyl (C=O) groups is 1. The van der Waals surface area contributed by atoms with Crippen molar-refractivity contribution < 1.29 is 14.3 Å². The zero-order valence-corrected chi connectivity index (χ0v) is 14.5. The van der Waals surface area contributed by atoms with Gasteiger partial charge in [-0.1, -0.05) is 12.2 Å². The summed E-state index contributed by atoms with van der Waals surface area (Å²) in [5, 5.41) is 3.10. The van der Waals surface area contributed by atoms with Crippen LogP contribution in [0.25, 0.3) is 0 Å². The highest BCUT2D eigenvalue weighted by atomic mass is 16.5. The topological polar surface area (TPSA) is 50.8 Å². The molecule has 24 heavy (non-hydrogen) atoms. The highest BCUT2D eigenvalue weighted by Crippen LogP contribution is 2.33. The van der Waals surface area contributed by atoms with E-state index < -0.39 is 0 Å². The van der Waals surface area contributed by atoms with Crippen molar-refractivity contribution in [2.75, 3.05) is 27.3 Å². The standard InChI is InChI=1S/C19H26N2O3/c1-23-17-10-15-8-9-21(13-16(15)11-18(17)24-2)19(22)20-12-14-6-4-3-5-7-14/h3-4,10-11,14H,5-9,12-13H2,1-2H3,(H,20,22). The lowest BCUT2D eigenvalue weighted by Crippen LogP contribution is -2.44. The number of nitrogens with one attached hydrogen (secondary N) is 1. The van der Waals surface area contributed by atoms with Gasteiger partial charge in [0.05, 0.1) is 14.2 Å². The predicted octanol–water partition coefficient (Wildman–Crippen LogP) is 3.13. The summed E-state index contributed by atoms with van der Waals surface area (Å²) in [7, 11) is 3.28. The molecule has 0 spiro atoms. The van der Waals surface area contributed by atoms with Crippen molar-refractivity contribution in [3.05, 3.63) is 35.4 Å². The van der Waals surface area contributed by atoms with Crippen LogP contribution in [-0.2, 0) is 13.0 Å². The Morgan fingerprint density at radius 1 is 1.21 bits per heavy atom. The Bertz CT molecular complexity index is 627. The minimum atomic E-state index is 0.0324. The van der Waals surface area contributed by atoms with Gasteiger partial charge in [-0.05, 0) is 54.9 Å². The third-order valence-electron chi connectivity index (χ3n) is 4.92. The Hall–Kier alpha value is -2.17. The second-order valence-electron chi connectivity index (χ2n) is 6.48. The zero-order chi connectivity index (χ0) is 16.9. The molecule has 0 saturated carbocycles. The number of amides is 2. The van der Waals surface area contributed by atoms with Gasteiger partial charge in [0.25, 0.3) is 0 Å². The lowest BCUT2D eigenvalue weighted by atomic mass is 9.94. The minimum absolute atomic E-state index is 0.0324. The summed E-state index contributed by atoms with van der Waals surface area (Å²) in [5.74, 6) is 2.03. The van der Waals surface area contributed by atoms with Gasteiger partial charge in [-0.15, -0.1) is 0 Å². The average molecular weight is 330 g/mol. The van der Waals surface area contributed by atoms with E-state index >= 15 is 0 Å². The summed E-state index contributed by atoms with van der Waals surface area (Å²) in [6.45, 7) is 2.11. The maximum atomic E-state index is 12.5. The van der Waals surface area contributed by atoms with E-state index in [2.05, 4.69) is 17.5 Å². The summed E-state index contributed by atoms with van der Waals surface area (Å²) in [6.07, 6.45) is 8.64. The SMILES string of the molecule is COc1cc2c(cc1OC)CN(C(=O)NCC1CC=CCC1)CC2. The molecule has 1 unspecified atom stereocenters. The molecule has 1 atom stereocenters. The van der Waals surface area contributed by atoms with Crippen LogP contribution in [0, 0.1) is 5.92 Å². The molecule has 0 aromatic heterocycles. The molecular weight excluding hydrogens is 304 g/mol. The van der Waals surface area contributed by atoms with Crippen LogP contribution in [0.3, 0.4) is 0 Å². The Labute approximate surface area is 143 Å². The number of urea groups is 1. The molecule has 3 rings (SSSR count). The third kappa shape index (κ3) is 3.66. The fourth-order valence-electron chi connectivity index (χ4n) is 3.44. The zero-order valence-electron chi connectivity index (χ0n) is 14.5. The first-order chi connectivity index (χ1) is 11.7. The maximum Gasteiger partial charge on any atom is 0.317 e. The van der Waals surface area contributed by atoms with Gasteiger partial charge in [0.15, 0.2) is 11.5 Å². The fraction of sp³-hybridized carbons (Fsp3) is 0.526. The number of rotatable bonds is 4. The Kier molecular flexibility index (Phi) is 5.28. The van der Waals surface area contributed by atoms with Gasteiger partial charge >= 0.3 is 6.03 Å². The van der Waals surface area contributed by atoms with Gasteiger partial charge < -0.3 is 19.7 Å². The summed E-state index contributed by atoms with van der Waals surface area (Å²) in [5.41, 5.74) is 2.36. The quantitative estimate of drug-likeness (QED) is 0.863. The first kappa shape index (κ1) is 16.7. The van der Waals surface area contributed by atoms with Gasteiger partial charge in [-0.2, -0.15) is 0 Å². The second kappa shape index (κ2) is 7.60. The van der Waals surface area contributed by atoms with Gasteiger partial charge in [0.2, 0.25) is 0 Å². The van der Waals surface area contributed by atoms with Gasteiger partial charge in [0.1, 0.15) is 0 Å². The molecule has 2 amide bonds. The van der Waals surface area contributed by atoms with E-state index in [0.717, 1.165) is 50.1 Å². The number of methoxy groups -OCH3 is 2. The predicted molar refractivity (Wildman–Crippen MR) is 93.5 cm³/mol. The van der Waals surface area contributed by atoms with Crippen LogP contribution in [0.1, 0.15) is 30.4 Å². The van der Waals surface area contributed by atoms with Crippen molar-refractivity contribution in [1.29, 1.82) is 0 Å². The van der Waals surface area contributed by atoms with Crippen LogP contribution in [0.5, 0.6) is 11.5 Å². The molecule has 5 nitrogen and oxygen atoms in total. The molecule has 0 saturated heterocycles. The number of hydrogen-bond donors (Lipinski definition) is 1. The van der Waals surface area contributed by atoms with Crippen LogP contribution in [-0.4, -0.2) is 38.2 Å². The van der Waals surface area contributed by atoms with Gasteiger partial charge in [0, 0.05) is 19.6 Å². The van der Waals surface area contributed by atoms with Crippen LogP contribution in [0.4, 0.5) is 4.79 Å². The molecule has 1 aromatic carbocycles. The van der Waals surface area contributed by atoms with Crippen molar-refractivity contribution in [3.63, 3.8) is 0 Å². The van der Waals surface area contributed by atoms with E-state index in [0.29, 0.717) is 18.2 Å². The number of nitrogens with zero attached hydrogens (tertiary/aromatic N) is 1. The fourth-order valence-corrected chi connectivity index (χ4v) is 3.44. The molecule has 5 heteroatoms. The number of benzene rings is 1. The monoisotopic (exact) mass is 330 g/mol. The normalized spacial score (nSPS) is 19.6. The van der Waals surface area contributed by atoms with Gasteiger partial charge in [-0.3, -0.25) is 0 Å². The smallest absolute Gasteiger partial charge is 0.317 e. The van der Waals surface area contributed by atoms with Crippen LogP contribution >= 0.6 is 0 Å². The Morgan fingerprint density at radius 3 is 2.62 bits per heavy atom. The van der Waals surface area contributed by atoms with Crippen molar-refractivity contribution in [2.24, 2.45) is 5.92 Å². The van der Waals surface area contributed by atoms with E-state index in [1.54, 1.807) is 14.2 Å². The van der Waals surface area contributed by atoms with E-state index in [-0.39, 0.29) is 6.03 Å². The minimum Gasteiger partial charge on any atom is -0.493 e. The summed E-state index contributed by atoms with van der Waals surface area (Å²) in [4.78, 5) is 14.4. The molecule has 0 fully saturated rings. The number of carbonyl (C=O) groups excluding carboxylic acids is 1. The van der Waals surface area contributed by atoms with Gasteiger partial charge in [-0.25, -0.2) is 4.79 Å². The highest BCUT2D eigenvalue weighted by molar-refractivity contribution is 5.74. The average Bonchev–Trinajstić information content (AvgIpc) is 2.65. The third-order valence-corrected chi connectivity index (χ3v) is 4.92. The highest BCUT2D eigenvalue weighted by Gasteiger charge is 2.23. The lowest BCUT2D eigenvalue weighted by molar-refractivity contribution is 0.190. The largest absolute Gasteiger partial charge is 0.493 e. The molecule has 1 aromatic rings. The summed E-state index contributed by atoms with van der Waals surface area (Å²) < 4.78 is 10.7. The first-order valence-electron chi connectivity index (χ1n) is 8.62. The van der Waals surface area contributed by atoms with Crippen LogP contribution < -0.4 is 14.8 Å². The van der Waals surface area contributed by atoms with Crippen molar-refractivity contribution in [1.82, 2.24) is 10.2 Å². The number of fused-ring (bicyclic) bond motifs is 1. The number of allylic oxidation sites excluding steroid dienone is 2. The number of hydrogen-bond acceptors (Lipinski definition) is 3. The van der Waals surface area contributed by atoms with E-state index in [1.807, 2.05) is 17.0 Å². The molecule has 130 valence electrons. The maximum absolute atomic E-state index is 12.5. The van der Waals surface area contributed by atoms with Crippen molar-refractivity contribution >= 4 is 6.03 Å². The summed E-state index contributed by atoms with van der Waals surface area (Å²) in [6, 6.07) is 4.04. The van der Waals surface area contributed by atoms with E-state index in [1.165, 1.54) is 5.56 Å². The lowest BCUT2D eigenvalue weighted by Gasteiger charge is -2.30. The second-order valence-corrected chi connectivity index (χ2v) is 6.48. The number of ether oxygens (including phenoxy) is 2.